The van der Waals surface area contributed by atoms with Crippen LogP contribution in [0.4, 0.5) is 0 Å². The molecule has 0 aliphatic heterocycles. The van der Waals surface area contributed by atoms with Crippen LogP contribution in [-0.4, -0.2) is 14.5 Å². The Morgan fingerprint density at radius 3 is 2.62 bits per heavy atom. The zero-order valence-electron chi connectivity index (χ0n) is 15.9. The van der Waals surface area contributed by atoms with Crippen molar-refractivity contribution in [2.75, 3.05) is 0 Å². The van der Waals surface area contributed by atoms with Crippen LogP contribution in [-0.2, 0) is 14.1 Å². The van der Waals surface area contributed by atoms with Crippen molar-refractivity contribution in [1.29, 1.82) is 0 Å². The van der Waals surface area contributed by atoms with E-state index in [0.29, 0.717) is 0 Å². The molecule has 26 heavy (non-hydrogen) atoms. The summed E-state index contributed by atoms with van der Waals surface area (Å²) < 4.78 is 4.29. The van der Waals surface area contributed by atoms with Crippen molar-refractivity contribution in [1.82, 2.24) is 14.5 Å². The van der Waals surface area contributed by atoms with Gasteiger partial charge in [0.2, 0.25) is 5.69 Å². The molecule has 1 aromatic carbocycles. The molecule has 0 N–H and O–H groups in total. The summed E-state index contributed by atoms with van der Waals surface area (Å²) in [4.78, 5) is 9.62. The molecule has 0 amide bonds. The molecule has 4 nitrogen and oxygen atoms in total. The van der Waals surface area contributed by atoms with Crippen molar-refractivity contribution in [3.05, 3.63) is 65.5 Å². The lowest BCUT2D eigenvalue weighted by atomic mass is 10.0. The van der Waals surface area contributed by atoms with Gasteiger partial charge in [0.05, 0.1) is 11.0 Å². The molecule has 0 radical (unpaired) electrons. The molecular formula is C22H23N4+. The Labute approximate surface area is 153 Å². The second-order valence-corrected chi connectivity index (χ2v) is 6.97. The second-order valence-electron chi connectivity index (χ2n) is 6.97. The van der Waals surface area contributed by atoms with Crippen LogP contribution in [0.5, 0.6) is 0 Å². The number of hydrogen-bond donors (Lipinski definition) is 0. The molecule has 4 heteroatoms. The highest BCUT2D eigenvalue weighted by Crippen LogP contribution is 2.31. The monoisotopic (exact) mass is 343 g/mol. The van der Waals surface area contributed by atoms with E-state index in [2.05, 4.69) is 66.2 Å². The van der Waals surface area contributed by atoms with E-state index in [-0.39, 0.29) is 0 Å². The van der Waals surface area contributed by atoms with E-state index in [0.717, 1.165) is 33.9 Å². The summed E-state index contributed by atoms with van der Waals surface area (Å²) in [5.74, 6) is 0.980. The highest BCUT2D eigenvalue weighted by atomic mass is 15.1. The Morgan fingerprint density at radius 2 is 1.85 bits per heavy atom. The fourth-order valence-corrected chi connectivity index (χ4v) is 3.68. The third-order valence-electron chi connectivity index (χ3n) is 5.06. The van der Waals surface area contributed by atoms with Gasteiger partial charge in [-0.2, -0.15) is 4.57 Å². The van der Waals surface area contributed by atoms with Gasteiger partial charge in [-0.15, -0.1) is 0 Å². The first kappa shape index (κ1) is 16.5. The van der Waals surface area contributed by atoms with Gasteiger partial charge >= 0.3 is 0 Å². The Morgan fingerprint density at radius 1 is 1.04 bits per heavy atom. The van der Waals surface area contributed by atoms with Crippen LogP contribution >= 0.6 is 0 Å². The third kappa shape index (κ3) is 2.49. The molecule has 0 saturated carbocycles. The minimum atomic E-state index is 0.980. The topological polar surface area (TPSA) is 34.6 Å². The number of aryl methyl sites for hydroxylation is 4. The first-order chi connectivity index (χ1) is 12.5. The summed E-state index contributed by atoms with van der Waals surface area (Å²) in [5, 5.41) is 0. The predicted octanol–water partition coefficient (Wildman–Crippen LogP) is 4.05. The SMILES string of the molecule is Cc1cc(C)c2nc(-c3ccnc(-c4cccc[n+]4C)c3C)n(C)c2c1. The minimum Gasteiger partial charge on any atom is -0.327 e. The molecule has 3 aromatic heterocycles. The lowest BCUT2D eigenvalue weighted by molar-refractivity contribution is -0.660. The number of benzene rings is 1. The van der Waals surface area contributed by atoms with Gasteiger partial charge in [-0.3, -0.25) is 0 Å². The van der Waals surface area contributed by atoms with Crippen LogP contribution in [0, 0.1) is 20.8 Å². The largest absolute Gasteiger partial charge is 0.327 e. The Balaban J connectivity index is 1.97. The van der Waals surface area contributed by atoms with Crippen molar-refractivity contribution in [3.63, 3.8) is 0 Å². The quantitative estimate of drug-likeness (QED) is 0.515. The van der Waals surface area contributed by atoms with Gasteiger partial charge in [0, 0.05) is 30.9 Å². The average Bonchev–Trinajstić information content (AvgIpc) is 2.93. The molecule has 0 bridgehead atoms. The van der Waals surface area contributed by atoms with Gasteiger partial charge in [-0.25, -0.2) is 9.97 Å². The molecule has 0 aliphatic carbocycles. The zero-order chi connectivity index (χ0) is 18.4. The van der Waals surface area contributed by atoms with E-state index in [1.54, 1.807) is 0 Å². The number of aromatic nitrogens is 4. The van der Waals surface area contributed by atoms with Gasteiger partial charge in [0.15, 0.2) is 6.20 Å². The third-order valence-corrected chi connectivity index (χ3v) is 5.06. The number of pyridine rings is 2. The standard InChI is InChI=1S/C22H23N4/c1-14-12-15(2)20-19(13-14)26(5)22(24-20)17-9-10-23-21(16(17)3)18-8-6-7-11-25(18)4/h6-13H,1-5H3/q+1. The van der Waals surface area contributed by atoms with Crippen molar-refractivity contribution < 1.29 is 4.57 Å². The molecule has 0 unspecified atom stereocenters. The summed E-state index contributed by atoms with van der Waals surface area (Å²) in [6.07, 6.45) is 3.92. The van der Waals surface area contributed by atoms with E-state index in [4.69, 9.17) is 4.98 Å². The molecule has 0 saturated heterocycles. The summed E-state index contributed by atoms with van der Waals surface area (Å²) in [5.41, 5.74) is 9.05. The summed E-state index contributed by atoms with van der Waals surface area (Å²) in [6.45, 7) is 6.38. The molecule has 0 fully saturated rings. The fraction of sp³-hybridized carbons (Fsp3) is 0.227. The molecule has 3 heterocycles. The van der Waals surface area contributed by atoms with Gasteiger partial charge in [0.1, 0.15) is 18.6 Å². The minimum absolute atomic E-state index is 0.980. The zero-order valence-corrected chi connectivity index (χ0v) is 15.9. The van der Waals surface area contributed by atoms with Crippen LogP contribution in [0.25, 0.3) is 33.8 Å². The second kappa shape index (κ2) is 6.06. The molecule has 0 atom stereocenters. The summed E-state index contributed by atoms with van der Waals surface area (Å²) in [7, 11) is 4.13. The van der Waals surface area contributed by atoms with Crippen LogP contribution in [0.1, 0.15) is 16.7 Å². The normalized spacial score (nSPS) is 11.3. The van der Waals surface area contributed by atoms with E-state index in [1.807, 2.05) is 31.6 Å². The highest BCUT2D eigenvalue weighted by Gasteiger charge is 2.19. The van der Waals surface area contributed by atoms with E-state index in [9.17, 15) is 0 Å². The van der Waals surface area contributed by atoms with Crippen LogP contribution < -0.4 is 4.57 Å². The summed E-state index contributed by atoms with van der Waals surface area (Å²) >= 11 is 0. The first-order valence-corrected chi connectivity index (χ1v) is 8.82. The summed E-state index contributed by atoms with van der Waals surface area (Å²) in [6, 6.07) is 12.6. The maximum atomic E-state index is 4.97. The lowest BCUT2D eigenvalue weighted by Crippen LogP contribution is -2.30. The molecule has 4 rings (SSSR count). The number of fused-ring (bicyclic) bond motifs is 1. The van der Waals surface area contributed by atoms with E-state index < -0.39 is 0 Å². The number of nitrogens with zero attached hydrogens (tertiary/aromatic N) is 4. The fourth-order valence-electron chi connectivity index (χ4n) is 3.68. The van der Waals surface area contributed by atoms with Gasteiger partial charge in [0.25, 0.3) is 0 Å². The molecule has 0 aliphatic rings. The van der Waals surface area contributed by atoms with Gasteiger partial charge < -0.3 is 4.57 Å². The van der Waals surface area contributed by atoms with Gasteiger partial charge in [-0.1, -0.05) is 6.07 Å². The van der Waals surface area contributed by atoms with Crippen LogP contribution in [0.15, 0.2) is 48.8 Å². The van der Waals surface area contributed by atoms with Crippen LogP contribution in [0.2, 0.25) is 0 Å². The maximum Gasteiger partial charge on any atom is 0.231 e. The van der Waals surface area contributed by atoms with Crippen molar-refractivity contribution in [3.8, 4) is 22.8 Å². The number of imidazole rings is 1. The lowest BCUT2D eigenvalue weighted by Gasteiger charge is -2.09. The van der Waals surface area contributed by atoms with Crippen molar-refractivity contribution >= 4 is 11.0 Å². The van der Waals surface area contributed by atoms with Gasteiger partial charge in [-0.05, 0) is 55.7 Å². The van der Waals surface area contributed by atoms with E-state index >= 15 is 0 Å². The number of rotatable bonds is 2. The molecule has 130 valence electrons. The van der Waals surface area contributed by atoms with Crippen molar-refractivity contribution in [2.45, 2.75) is 20.8 Å². The molecule has 4 aromatic rings. The Bertz CT molecular complexity index is 1140. The van der Waals surface area contributed by atoms with E-state index in [1.165, 1.54) is 16.6 Å². The maximum absolute atomic E-state index is 4.97. The number of hydrogen-bond acceptors (Lipinski definition) is 2. The highest BCUT2D eigenvalue weighted by molar-refractivity contribution is 5.85. The Hall–Kier alpha value is -3.01. The average molecular weight is 343 g/mol. The van der Waals surface area contributed by atoms with Crippen molar-refractivity contribution in [2.24, 2.45) is 14.1 Å². The molecular weight excluding hydrogens is 320 g/mol. The van der Waals surface area contributed by atoms with Crippen LogP contribution in [0.3, 0.4) is 0 Å². The smallest absolute Gasteiger partial charge is 0.231 e. The Kier molecular flexibility index (Phi) is 3.83. The first-order valence-electron chi connectivity index (χ1n) is 8.82. The predicted molar refractivity (Wildman–Crippen MR) is 105 cm³/mol. The molecule has 0 spiro atoms.